The number of hydrogen-bond acceptors (Lipinski definition) is 8. The minimum atomic E-state index is -3.73. The Morgan fingerprint density at radius 1 is 1.28 bits per heavy atom. The van der Waals surface area contributed by atoms with E-state index in [1.807, 2.05) is 0 Å². The number of carbonyl (C=O) groups excluding carboxylic acids is 2. The van der Waals surface area contributed by atoms with Crippen LogP contribution in [0.3, 0.4) is 0 Å². The number of rotatable bonds is 5. The predicted molar refractivity (Wildman–Crippen MR) is 86.5 cm³/mol. The average molecular weight is 371 g/mol. The fraction of sp³-hybridized carbons (Fsp3) is 0.467. The Balaban J connectivity index is 2.41. The summed E-state index contributed by atoms with van der Waals surface area (Å²) < 4.78 is 29.2. The summed E-state index contributed by atoms with van der Waals surface area (Å²) >= 11 is 0. The van der Waals surface area contributed by atoms with Crippen LogP contribution in [0.25, 0.3) is 0 Å². The van der Waals surface area contributed by atoms with Crippen LogP contribution in [0.15, 0.2) is 24.3 Å². The Hall–Kier alpha value is -2.41. The fourth-order valence-corrected chi connectivity index (χ4v) is 5.76. The van der Waals surface area contributed by atoms with Crippen molar-refractivity contribution in [2.75, 3.05) is 6.16 Å². The minimum Gasteiger partial charge on any atom is -0.455 e. The van der Waals surface area contributed by atoms with Crippen LogP contribution >= 0.6 is 7.37 Å². The van der Waals surface area contributed by atoms with E-state index in [1.54, 1.807) is 0 Å². The van der Waals surface area contributed by atoms with Crippen LogP contribution in [0.5, 0.6) is 5.75 Å². The van der Waals surface area contributed by atoms with Gasteiger partial charge in [-0.25, -0.2) is 0 Å². The molecule has 1 aromatic carbocycles. The molecule has 136 valence electrons. The molecule has 10 heteroatoms. The Morgan fingerprint density at radius 3 is 2.48 bits per heavy atom. The molecule has 3 unspecified atom stereocenters. The number of para-hydroxylation sites is 2. The molecule has 1 saturated heterocycles. The van der Waals surface area contributed by atoms with E-state index in [4.69, 9.17) is 14.0 Å². The number of ether oxygens (including phenoxy) is 2. The zero-order chi connectivity index (χ0) is 18.8. The highest BCUT2D eigenvalue weighted by atomic mass is 31.2. The number of nitro groups is 1. The van der Waals surface area contributed by atoms with Gasteiger partial charge in [0.25, 0.3) is 7.37 Å². The molecule has 0 aromatic heterocycles. The summed E-state index contributed by atoms with van der Waals surface area (Å²) in [6, 6.07) is 5.46. The Bertz CT molecular complexity index is 764. The Kier molecular flexibility index (Phi) is 5.17. The molecule has 1 heterocycles. The molecule has 0 spiro atoms. The number of hydrogen-bond donors (Lipinski definition) is 0. The number of esters is 2. The molecule has 1 aliphatic heterocycles. The van der Waals surface area contributed by atoms with Gasteiger partial charge in [-0.15, -0.1) is 0 Å². The first-order valence-electron chi connectivity index (χ1n) is 7.46. The van der Waals surface area contributed by atoms with Crippen LogP contribution in [0.2, 0.25) is 0 Å². The summed E-state index contributed by atoms with van der Waals surface area (Å²) in [7, 11) is -3.73. The van der Waals surface area contributed by atoms with E-state index in [2.05, 4.69) is 0 Å². The van der Waals surface area contributed by atoms with Crippen molar-refractivity contribution < 1.29 is 33.1 Å². The first-order chi connectivity index (χ1) is 11.6. The average Bonchev–Trinajstić information content (AvgIpc) is 2.71. The van der Waals surface area contributed by atoms with Crippen molar-refractivity contribution in [2.45, 2.75) is 38.6 Å². The second kappa shape index (κ2) is 6.84. The lowest BCUT2D eigenvalue weighted by Gasteiger charge is -2.31. The van der Waals surface area contributed by atoms with Gasteiger partial charge < -0.3 is 14.0 Å². The number of nitrogens with zero attached hydrogens (tertiary/aromatic N) is 1. The maximum absolute atomic E-state index is 13.3. The first-order valence-corrected chi connectivity index (χ1v) is 9.34. The first kappa shape index (κ1) is 18.9. The highest BCUT2D eigenvalue weighted by Gasteiger charge is 2.59. The summed E-state index contributed by atoms with van der Waals surface area (Å²) in [6.45, 7) is 3.80. The lowest BCUT2D eigenvalue weighted by atomic mass is 10.1. The summed E-state index contributed by atoms with van der Waals surface area (Å²) in [6.07, 6.45) is 0.0726. The molecule has 2 rings (SSSR count). The van der Waals surface area contributed by atoms with Crippen LogP contribution in [-0.4, -0.2) is 34.5 Å². The van der Waals surface area contributed by atoms with Gasteiger partial charge in [-0.1, -0.05) is 12.1 Å². The van der Waals surface area contributed by atoms with E-state index in [0.717, 1.165) is 6.92 Å². The zero-order valence-electron chi connectivity index (χ0n) is 14.0. The third-order valence-corrected chi connectivity index (χ3v) is 6.49. The van der Waals surface area contributed by atoms with Gasteiger partial charge in [0.2, 0.25) is 11.6 Å². The predicted octanol–water partition coefficient (Wildman–Crippen LogP) is 2.87. The maximum Gasteiger partial charge on any atom is 0.311 e. The summed E-state index contributed by atoms with van der Waals surface area (Å²) in [4.78, 5) is 33.3. The molecular formula is C15H18NO8P. The smallest absolute Gasteiger partial charge is 0.311 e. The van der Waals surface area contributed by atoms with Crippen molar-refractivity contribution in [3.8, 4) is 5.75 Å². The van der Waals surface area contributed by atoms with Crippen LogP contribution in [-0.2, 0) is 23.6 Å². The molecule has 1 aromatic rings. The number of carbonyl (C=O) groups is 2. The Labute approximate surface area is 143 Å². The van der Waals surface area contributed by atoms with Gasteiger partial charge in [0.15, 0.2) is 5.60 Å². The van der Waals surface area contributed by atoms with Crippen LogP contribution in [0.4, 0.5) is 5.69 Å². The Morgan fingerprint density at radius 2 is 1.92 bits per heavy atom. The normalized spacial score (nSPS) is 28.2. The van der Waals surface area contributed by atoms with Crippen molar-refractivity contribution in [1.29, 1.82) is 0 Å². The van der Waals surface area contributed by atoms with Gasteiger partial charge >= 0.3 is 17.6 Å². The molecular weight excluding hydrogens is 353 g/mol. The lowest BCUT2D eigenvalue weighted by molar-refractivity contribution is -0.385. The van der Waals surface area contributed by atoms with Crippen LogP contribution < -0.4 is 4.52 Å². The molecule has 9 nitrogen and oxygen atoms in total. The standard InChI is InChI=1S/C15H18NO8P/c1-10(17)22-14-15(3,23-11(2)18)8-9-25(14,21)24-13-7-5-4-6-12(13)16(19)20/h4-7,14H,8-9H2,1-3H3. The van der Waals surface area contributed by atoms with E-state index in [0.29, 0.717) is 0 Å². The third kappa shape index (κ3) is 3.99. The van der Waals surface area contributed by atoms with Gasteiger partial charge in [0.05, 0.1) is 4.92 Å². The van der Waals surface area contributed by atoms with E-state index in [-0.39, 0.29) is 24.0 Å². The van der Waals surface area contributed by atoms with Crippen molar-refractivity contribution in [3.63, 3.8) is 0 Å². The molecule has 3 atom stereocenters. The van der Waals surface area contributed by atoms with E-state index in [1.165, 1.54) is 38.1 Å². The molecule has 0 aliphatic carbocycles. The molecule has 1 fully saturated rings. The van der Waals surface area contributed by atoms with E-state index < -0.39 is 35.7 Å². The molecule has 0 saturated carbocycles. The quantitative estimate of drug-likeness (QED) is 0.335. The molecule has 0 N–H and O–H groups in total. The number of benzene rings is 1. The van der Waals surface area contributed by atoms with Crippen molar-refractivity contribution >= 4 is 25.0 Å². The minimum absolute atomic E-state index is 0.0548. The monoisotopic (exact) mass is 371 g/mol. The summed E-state index contributed by atoms with van der Waals surface area (Å²) in [5, 5.41) is 11.1. The van der Waals surface area contributed by atoms with Gasteiger partial charge in [0, 0.05) is 32.5 Å². The largest absolute Gasteiger partial charge is 0.455 e. The number of nitro benzene ring substituents is 1. The molecule has 0 amide bonds. The van der Waals surface area contributed by atoms with Gasteiger partial charge in [-0.05, 0) is 13.0 Å². The van der Waals surface area contributed by atoms with E-state index in [9.17, 15) is 24.3 Å². The van der Waals surface area contributed by atoms with Gasteiger partial charge in [-0.2, -0.15) is 0 Å². The third-order valence-electron chi connectivity index (χ3n) is 3.77. The lowest BCUT2D eigenvalue weighted by Crippen LogP contribution is -2.41. The summed E-state index contributed by atoms with van der Waals surface area (Å²) in [5.41, 5.74) is -1.70. The second-order valence-corrected chi connectivity index (χ2v) is 8.44. The molecule has 1 aliphatic rings. The van der Waals surface area contributed by atoms with Crippen molar-refractivity contribution in [3.05, 3.63) is 34.4 Å². The fourth-order valence-electron chi connectivity index (χ4n) is 2.77. The highest BCUT2D eigenvalue weighted by Crippen LogP contribution is 2.63. The second-order valence-electron chi connectivity index (χ2n) is 5.88. The van der Waals surface area contributed by atoms with Crippen LogP contribution in [0.1, 0.15) is 27.2 Å². The SMILES string of the molecule is CC(=O)OC1C(C)(OC(C)=O)CCP1(=O)Oc1ccccc1[N+](=O)[O-]. The molecule has 0 radical (unpaired) electrons. The topological polar surface area (TPSA) is 122 Å². The zero-order valence-corrected chi connectivity index (χ0v) is 14.9. The molecule has 0 bridgehead atoms. The highest BCUT2D eigenvalue weighted by molar-refractivity contribution is 7.60. The van der Waals surface area contributed by atoms with Gasteiger partial charge in [-0.3, -0.25) is 24.3 Å². The molecule has 25 heavy (non-hydrogen) atoms. The van der Waals surface area contributed by atoms with Crippen LogP contribution in [0, 0.1) is 10.1 Å². The summed E-state index contributed by atoms with van der Waals surface area (Å²) in [5.74, 6) is -2.89. The van der Waals surface area contributed by atoms with E-state index >= 15 is 0 Å². The van der Waals surface area contributed by atoms with Crippen molar-refractivity contribution in [2.24, 2.45) is 0 Å². The van der Waals surface area contributed by atoms with Crippen molar-refractivity contribution in [1.82, 2.24) is 0 Å². The maximum atomic E-state index is 13.3. The van der Waals surface area contributed by atoms with Gasteiger partial charge in [0.1, 0.15) is 0 Å².